The van der Waals surface area contributed by atoms with Crippen LogP contribution in [0.1, 0.15) is 46.8 Å². The third-order valence-corrected chi connectivity index (χ3v) is 5.29. The van der Waals surface area contributed by atoms with Crippen molar-refractivity contribution in [3.05, 3.63) is 51.3 Å². The number of nitrogens with zero attached hydrogens (tertiary/aromatic N) is 2. The summed E-state index contributed by atoms with van der Waals surface area (Å²) in [4.78, 5) is 14.8. The summed E-state index contributed by atoms with van der Waals surface area (Å²) in [6.45, 7) is 7.65. The van der Waals surface area contributed by atoms with Crippen LogP contribution >= 0.6 is 11.6 Å². The van der Waals surface area contributed by atoms with E-state index in [1.54, 1.807) is 0 Å². The van der Waals surface area contributed by atoms with E-state index in [4.69, 9.17) is 11.6 Å². The molecule has 4 nitrogen and oxygen atoms in total. The van der Waals surface area contributed by atoms with Crippen molar-refractivity contribution >= 4 is 17.5 Å². The number of aryl methyl sites for hydroxylation is 3. The van der Waals surface area contributed by atoms with Crippen LogP contribution in [0, 0.1) is 20.8 Å². The highest BCUT2D eigenvalue weighted by Gasteiger charge is 2.26. The van der Waals surface area contributed by atoms with E-state index >= 15 is 0 Å². The van der Waals surface area contributed by atoms with Crippen LogP contribution in [-0.2, 0) is 11.2 Å². The van der Waals surface area contributed by atoms with Crippen molar-refractivity contribution in [3.63, 3.8) is 0 Å². The maximum absolute atomic E-state index is 12.7. The molecule has 1 aromatic carbocycles. The summed E-state index contributed by atoms with van der Waals surface area (Å²) in [6.07, 6.45) is 2.60. The number of aromatic nitrogens is 2. The standard InChI is InChI=1S/C19H24ClN3O/c1-12-9-16(20)6-7-17(12)15-5-4-8-23(11-15)19(24)10-18-13(2)21-22-14(18)3/h6-7,9,15H,4-5,8,10-11H2,1-3H3,(H,21,22). The second-order valence-corrected chi connectivity index (χ2v) is 7.21. The van der Waals surface area contributed by atoms with Gasteiger partial charge < -0.3 is 4.90 Å². The molecule has 0 aliphatic carbocycles. The Balaban J connectivity index is 1.72. The van der Waals surface area contributed by atoms with Crippen molar-refractivity contribution in [2.75, 3.05) is 13.1 Å². The fourth-order valence-electron chi connectivity index (χ4n) is 3.65. The molecule has 1 atom stereocenters. The van der Waals surface area contributed by atoms with Crippen LogP contribution < -0.4 is 0 Å². The molecule has 0 radical (unpaired) electrons. The fourth-order valence-corrected chi connectivity index (χ4v) is 3.88. The quantitative estimate of drug-likeness (QED) is 0.916. The highest BCUT2D eigenvalue weighted by Crippen LogP contribution is 2.30. The Morgan fingerprint density at radius 1 is 1.38 bits per heavy atom. The minimum Gasteiger partial charge on any atom is -0.342 e. The Hall–Kier alpha value is -1.81. The monoisotopic (exact) mass is 345 g/mol. The number of H-pyrrole nitrogens is 1. The van der Waals surface area contributed by atoms with Gasteiger partial charge in [-0.2, -0.15) is 5.10 Å². The van der Waals surface area contributed by atoms with E-state index in [1.165, 1.54) is 11.1 Å². The van der Waals surface area contributed by atoms with E-state index in [9.17, 15) is 4.79 Å². The molecule has 1 aromatic heterocycles. The number of carbonyl (C=O) groups excluding carboxylic acids is 1. The molecule has 1 saturated heterocycles. The van der Waals surface area contributed by atoms with Gasteiger partial charge in [-0.25, -0.2) is 0 Å². The van der Waals surface area contributed by atoms with Gasteiger partial charge in [0.1, 0.15) is 0 Å². The maximum Gasteiger partial charge on any atom is 0.227 e. The number of aromatic amines is 1. The number of carbonyl (C=O) groups is 1. The molecular weight excluding hydrogens is 322 g/mol. The van der Waals surface area contributed by atoms with Gasteiger partial charge in [-0.15, -0.1) is 0 Å². The zero-order valence-corrected chi connectivity index (χ0v) is 15.3. The van der Waals surface area contributed by atoms with Crippen LogP contribution in [0.3, 0.4) is 0 Å². The van der Waals surface area contributed by atoms with Gasteiger partial charge in [0.25, 0.3) is 0 Å². The van der Waals surface area contributed by atoms with Gasteiger partial charge in [-0.05, 0) is 56.9 Å². The number of rotatable bonds is 3. The third-order valence-electron chi connectivity index (χ3n) is 5.05. The molecule has 1 amide bonds. The lowest BCUT2D eigenvalue weighted by molar-refractivity contribution is -0.131. The van der Waals surface area contributed by atoms with Gasteiger partial charge in [0.2, 0.25) is 5.91 Å². The summed E-state index contributed by atoms with van der Waals surface area (Å²) in [5.74, 6) is 0.588. The summed E-state index contributed by atoms with van der Waals surface area (Å²) >= 11 is 6.07. The zero-order chi connectivity index (χ0) is 17.3. The third kappa shape index (κ3) is 3.48. The average Bonchev–Trinajstić information content (AvgIpc) is 2.87. The second-order valence-electron chi connectivity index (χ2n) is 6.77. The summed E-state index contributed by atoms with van der Waals surface area (Å²) in [6, 6.07) is 6.07. The molecule has 0 saturated carbocycles. The lowest BCUT2D eigenvalue weighted by Crippen LogP contribution is -2.40. The SMILES string of the molecule is Cc1cc(Cl)ccc1C1CCCN(C(=O)Cc2c(C)n[nH]c2C)C1. The number of hydrogen-bond donors (Lipinski definition) is 1. The van der Waals surface area contributed by atoms with Gasteiger partial charge in [0.15, 0.2) is 0 Å². The van der Waals surface area contributed by atoms with E-state index in [1.807, 2.05) is 30.9 Å². The number of likely N-dealkylation sites (tertiary alicyclic amines) is 1. The summed E-state index contributed by atoms with van der Waals surface area (Å²) in [5.41, 5.74) is 5.46. The van der Waals surface area contributed by atoms with Crippen molar-refractivity contribution < 1.29 is 4.79 Å². The van der Waals surface area contributed by atoms with E-state index in [-0.39, 0.29) is 5.91 Å². The molecule has 128 valence electrons. The Bertz CT molecular complexity index is 734. The summed E-state index contributed by atoms with van der Waals surface area (Å²) in [5, 5.41) is 7.92. The minimum atomic E-state index is 0.193. The van der Waals surface area contributed by atoms with Gasteiger partial charge in [0, 0.05) is 35.3 Å². The molecule has 5 heteroatoms. The highest BCUT2D eigenvalue weighted by molar-refractivity contribution is 6.30. The van der Waals surface area contributed by atoms with Crippen LogP contribution in [-0.4, -0.2) is 34.1 Å². The number of nitrogens with one attached hydrogen (secondary N) is 1. The van der Waals surface area contributed by atoms with Crippen molar-refractivity contribution in [3.8, 4) is 0 Å². The van der Waals surface area contributed by atoms with Crippen molar-refractivity contribution in [1.29, 1.82) is 0 Å². The largest absolute Gasteiger partial charge is 0.342 e. The number of hydrogen-bond acceptors (Lipinski definition) is 2. The molecule has 1 aliphatic heterocycles. The zero-order valence-electron chi connectivity index (χ0n) is 14.5. The normalized spacial score (nSPS) is 18.0. The predicted octanol–water partition coefficient (Wildman–Crippen LogP) is 3.94. The van der Waals surface area contributed by atoms with Crippen molar-refractivity contribution in [1.82, 2.24) is 15.1 Å². The van der Waals surface area contributed by atoms with E-state index in [0.29, 0.717) is 12.3 Å². The number of amides is 1. The molecule has 1 N–H and O–H groups in total. The molecule has 2 heterocycles. The Kier molecular flexibility index (Phi) is 4.95. The number of halogens is 1. The first-order chi connectivity index (χ1) is 11.5. The smallest absolute Gasteiger partial charge is 0.227 e. The van der Waals surface area contributed by atoms with Crippen LogP contribution in [0.4, 0.5) is 0 Å². The molecule has 0 spiro atoms. The Labute approximate surface area is 148 Å². The van der Waals surface area contributed by atoms with E-state index in [2.05, 4.69) is 23.2 Å². The average molecular weight is 346 g/mol. The molecule has 1 aliphatic rings. The van der Waals surface area contributed by atoms with Crippen molar-refractivity contribution in [2.24, 2.45) is 0 Å². The van der Waals surface area contributed by atoms with E-state index in [0.717, 1.165) is 47.9 Å². The molecule has 0 bridgehead atoms. The molecule has 3 rings (SSSR count). The topological polar surface area (TPSA) is 49.0 Å². The van der Waals surface area contributed by atoms with Gasteiger partial charge >= 0.3 is 0 Å². The predicted molar refractivity (Wildman–Crippen MR) is 96.5 cm³/mol. The van der Waals surface area contributed by atoms with E-state index < -0.39 is 0 Å². The van der Waals surface area contributed by atoms with Crippen LogP contribution in [0.25, 0.3) is 0 Å². The first kappa shape index (κ1) is 17.0. The molecule has 1 fully saturated rings. The number of benzene rings is 1. The van der Waals surface area contributed by atoms with Crippen molar-refractivity contribution in [2.45, 2.75) is 46.0 Å². The molecule has 2 aromatic rings. The lowest BCUT2D eigenvalue weighted by Gasteiger charge is -2.34. The minimum absolute atomic E-state index is 0.193. The fraction of sp³-hybridized carbons (Fsp3) is 0.474. The molecule has 24 heavy (non-hydrogen) atoms. The van der Waals surface area contributed by atoms with Crippen LogP contribution in [0.2, 0.25) is 5.02 Å². The highest BCUT2D eigenvalue weighted by atomic mass is 35.5. The van der Waals surface area contributed by atoms with Crippen LogP contribution in [0.5, 0.6) is 0 Å². The maximum atomic E-state index is 12.7. The Morgan fingerprint density at radius 3 is 2.83 bits per heavy atom. The number of piperidine rings is 1. The Morgan fingerprint density at radius 2 is 2.17 bits per heavy atom. The lowest BCUT2D eigenvalue weighted by atomic mass is 9.87. The van der Waals surface area contributed by atoms with Crippen LogP contribution in [0.15, 0.2) is 18.2 Å². The summed E-state index contributed by atoms with van der Waals surface area (Å²) in [7, 11) is 0. The van der Waals surface area contributed by atoms with Gasteiger partial charge in [0.05, 0.1) is 12.1 Å². The molecule has 1 unspecified atom stereocenters. The van der Waals surface area contributed by atoms with Gasteiger partial charge in [-0.3, -0.25) is 9.89 Å². The first-order valence-corrected chi connectivity index (χ1v) is 8.87. The molecular formula is C19H24ClN3O. The second kappa shape index (κ2) is 6.98. The summed E-state index contributed by atoms with van der Waals surface area (Å²) < 4.78 is 0. The van der Waals surface area contributed by atoms with Gasteiger partial charge in [-0.1, -0.05) is 17.7 Å². The first-order valence-electron chi connectivity index (χ1n) is 8.50.